The van der Waals surface area contributed by atoms with Crippen LogP contribution in [-0.2, 0) is 10.2 Å². The van der Waals surface area contributed by atoms with Gasteiger partial charge in [-0.3, -0.25) is 4.79 Å². The zero-order valence-corrected chi connectivity index (χ0v) is 17.9. The Morgan fingerprint density at radius 3 is 2.43 bits per heavy atom. The molecular formula is C24H27N3O3. The highest BCUT2D eigenvalue weighted by Crippen LogP contribution is 2.32. The van der Waals surface area contributed by atoms with Crippen LogP contribution < -0.4 is 9.64 Å². The second-order valence-electron chi connectivity index (χ2n) is 8.62. The number of ether oxygens (including phenoxy) is 1. The first-order valence-corrected chi connectivity index (χ1v) is 10.3. The van der Waals surface area contributed by atoms with E-state index in [9.17, 15) is 4.79 Å². The molecule has 0 spiro atoms. The van der Waals surface area contributed by atoms with Crippen LogP contribution in [0.4, 0.5) is 5.69 Å². The molecule has 0 bridgehead atoms. The van der Waals surface area contributed by atoms with Gasteiger partial charge in [0.05, 0.1) is 6.61 Å². The summed E-state index contributed by atoms with van der Waals surface area (Å²) in [4.78, 5) is 18.9. The number of amides is 1. The fourth-order valence-electron chi connectivity index (χ4n) is 3.65. The van der Waals surface area contributed by atoms with E-state index in [1.165, 1.54) is 5.56 Å². The fourth-order valence-corrected chi connectivity index (χ4v) is 3.65. The minimum Gasteiger partial charge on any atom is -0.494 e. The first-order valence-electron chi connectivity index (χ1n) is 10.3. The van der Waals surface area contributed by atoms with Gasteiger partial charge in [-0.05, 0) is 54.3 Å². The van der Waals surface area contributed by atoms with Gasteiger partial charge in [0.1, 0.15) is 5.75 Å². The van der Waals surface area contributed by atoms with Crippen LogP contribution >= 0.6 is 0 Å². The summed E-state index contributed by atoms with van der Waals surface area (Å²) in [6, 6.07) is 15.8. The molecule has 0 aliphatic carbocycles. The number of carbonyl (C=O) groups is 1. The Hall–Kier alpha value is -3.15. The van der Waals surface area contributed by atoms with Crippen molar-refractivity contribution in [1.82, 2.24) is 10.1 Å². The van der Waals surface area contributed by atoms with Crippen LogP contribution in [0.15, 0.2) is 53.1 Å². The molecule has 0 saturated carbocycles. The van der Waals surface area contributed by atoms with E-state index in [2.05, 4.69) is 43.0 Å². The maximum atomic E-state index is 12.6. The van der Waals surface area contributed by atoms with Gasteiger partial charge in [0.25, 0.3) is 5.89 Å². The average molecular weight is 405 g/mol. The minimum atomic E-state index is -0.0876. The molecule has 4 rings (SSSR count). The summed E-state index contributed by atoms with van der Waals surface area (Å²) >= 11 is 0. The summed E-state index contributed by atoms with van der Waals surface area (Å²) in [5, 5.41) is 4.16. The van der Waals surface area contributed by atoms with Crippen molar-refractivity contribution < 1.29 is 14.1 Å². The lowest BCUT2D eigenvalue weighted by Gasteiger charge is -2.18. The van der Waals surface area contributed by atoms with Crippen molar-refractivity contribution in [1.29, 1.82) is 0 Å². The van der Waals surface area contributed by atoms with Crippen molar-refractivity contribution in [3.05, 3.63) is 59.9 Å². The summed E-state index contributed by atoms with van der Waals surface area (Å²) in [6.45, 7) is 9.64. The average Bonchev–Trinajstić information content (AvgIpc) is 3.35. The Morgan fingerprint density at radius 2 is 1.80 bits per heavy atom. The summed E-state index contributed by atoms with van der Waals surface area (Å²) in [6.07, 6.45) is 0.370. The molecule has 1 fully saturated rings. The van der Waals surface area contributed by atoms with E-state index in [0.717, 1.165) is 17.0 Å². The van der Waals surface area contributed by atoms with Gasteiger partial charge in [-0.15, -0.1) is 0 Å². The number of anilines is 1. The molecule has 30 heavy (non-hydrogen) atoms. The van der Waals surface area contributed by atoms with E-state index in [4.69, 9.17) is 9.26 Å². The Bertz CT molecular complexity index is 1020. The Morgan fingerprint density at radius 1 is 1.10 bits per heavy atom. The molecule has 0 radical (unpaired) electrons. The summed E-state index contributed by atoms with van der Waals surface area (Å²) in [5.41, 5.74) is 3.08. The largest absolute Gasteiger partial charge is 0.494 e. The number of benzene rings is 2. The van der Waals surface area contributed by atoms with Gasteiger partial charge in [-0.1, -0.05) is 38.1 Å². The second-order valence-corrected chi connectivity index (χ2v) is 8.62. The molecule has 2 aromatic carbocycles. The zero-order chi connectivity index (χ0) is 21.3. The summed E-state index contributed by atoms with van der Waals surface area (Å²) in [5.74, 6) is 1.83. The van der Waals surface area contributed by atoms with Crippen molar-refractivity contribution in [2.45, 2.75) is 45.4 Å². The molecule has 1 aliphatic heterocycles. The molecule has 6 heteroatoms. The third-order valence-corrected chi connectivity index (χ3v) is 5.39. The van der Waals surface area contributed by atoms with Gasteiger partial charge in [0.2, 0.25) is 5.91 Å². The lowest BCUT2D eigenvalue weighted by molar-refractivity contribution is -0.117. The van der Waals surface area contributed by atoms with Crippen molar-refractivity contribution in [2.75, 3.05) is 18.1 Å². The standard InChI is InChI=1S/C24H27N3O3/c1-5-29-20-12-10-19(11-13-20)27-15-17(14-21(27)28)22-25-23(30-26-22)16-6-8-18(9-7-16)24(2,3)4/h6-13,17H,5,14-15H2,1-4H3. The summed E-state index contributed by atoms with van der Waals surface area (Å²) in [7, 11) is 0. The van der Waals surface area contributed by atoms with Crippen molar-refractivity contribution in [3.63, 3.8) is 0 Å². The van der Waals surface area contributed by atoms with Crippen LogP contribution in [0.3, 0.4) is 0 Å². The van der Waals surface area contributed by atoms with Gasteiger partial charge in [0, 0.05) is 30.1 Å². The topological polar surface area (TPSA) is 68.5 Å². The number of nitrogens with zero attached hydrogens (tertiary/aromatic N) is 3. The SMILES string of the molecule is CCOc1ccc(N2CC(c3noc(-c4ccc(C(C)(C)C)cc4)n3)CC2=O)cc1. The van der Waals surface area contributed by atoms with E-state index in [0.29, 0.717) is 31.3 Å². The van der Waals surface area contributed by atoms with Crippen molar-refractivity contribution in [3.8, 4) is 17.2 Å². The Kier molecular flexibility index (Phi) is 5.33. The molecule has 2 heterocycles. The Labute approximate surface area is 176 Å². The highest BCUT2D eigenvalue weighted by Gasteiger charge is 2.34. The third-order valence-electron chi connectivity index (χ3n) is 5.39. The van der Waals surface area contributed by atoms with Crippen LogP contribution in [-0.4, -0.2) is 29.2 Å². The highest BCUT2D eigenvalue weighted by molar-refractivity contribution is 5.96. The monoisotopic (exact) mass is 405 g/mol. The highest BCUT2D eigenvalue weighted by atomic mass is 16.5. The predicted molar refractivity (Wildman–Crippen MR) is 116 cm³/mol. The smallest absolute Gasteiger partial charge is 0.257 e. The molecule has 1 unspecified atom stereocenters. The first kappa shape index (κ1) is 20.1. The lowest BCUT2D eigenvalue weighted by atomic mass is 9.87. The van der Waals surface area contributed by atoms with Crippen LogP contribution in [0, 0.1) is 0 Å². The molecule has 3 aromatic rings. The normalized spacial score (nSPS) is 16.9. The number of aromatic nitrogens is 2. The summed E-state index contributed by atoms with van der Waals surface area (Å²) < 4.78 is 11.0. The van der Waals surface area contributed by atoms with Crippen LogP contribution in [0.5, 0.6) is 5.75 Å². The quantitative estimate of drug-likeness (QED) is 0.600. The number of rotatable bonds is 5. The molecule has 156 valence electrons. The van der Waals surface area contributed by atoms with E-state index in [1.54, 1.807) is 4.90 Å². The van der Waals surface area contributed by atoms with E-state index >= 15 is 0 Å². The molecule has 1 atom stereocenters. The van der Waals surface area contributed by atoms with Crippen molar-refractivity contribution in [2.24, 2.45) is 0 Å². The molecule has 6 nitrogen and oxygen atoms in total. The van der Waals surface area contributed by atoms with Gasteiger partial charge in [0.15, 0.2) is 5.82 Å². The van der Waals surface area contributed by atoms with E-state index < -0.39 is 0 Å². The zero-order valence-electron chi connectivity index (χ0n) is 17.9. The molecular weight excluding hydrogens is 378 g/mol. The van der Waals surface area contributed by atoms with Gasteiger partial charge in [-0.25, -0.2) is 0 Å². The minimum absolute atomic E-state index is 0.0602. The number of hydrogen-bond acceptors (Lipinski definition) is 5. The number of carbonyl (C=O) groups excluding carboxylic acids is 1. The lowest BCUT2D eigenvalue weighted by Crippen LogP contribution is -2.24. The molecule has 1 aliphatic rings. The predicted octanol–water partition coefficient (Wildman–Crippen LogP) is 4.95. The Balaban J connectivity index is 1.48. The molecule has 1 saturated heterocycles. The maximum absolute atomic E-state index is 12.6. The first-order chi connectivity index (χ1) is 14.3. The van der Waals surface area contributed by atoms with Crippen LogP contribution in [0.2, 0.25) is 0 Å². The molecule has 0 N–H and O–H groups in total. The molecule has 1 aromatic heterocycles. The van der Waals surface area contributed by atoms with Crippen molar-refractivity contribution >= 4 is 11.6 Å². The van der Waals surface area contributed by atoms with Gasteiger partial charge < -0.3 is 14.2 Å². The number of hydrogen-bond donors (Lipinski definition) is 0. The third kappa shape index (κ3) is 4.08. The van der Waals surface area contributed by atoms with E-state index in [-0.39, 0.29) is 17.2 Å². The van der Waals surface area contributed by atoms with Gasteiger partial charge in [-0.2, -0.15) is 4.98 Å². The fraction of sp³-hybridized carbons (Fsp3) is 0.375. The van der Waals surface area contributed by atoms with Gasteiger partial charge >= 0.3 is 0 Å². The second kappa shape index (κ2) is 7.94. The van der Waals surface area contributed by atoms with E-state index in [1.807, 2.05) is 43.3 Å². The molecule has 1 amide bonds. The maximum Gasteiger partial charge on any atom is 0.257 e. The van der Waals surface area contributed by atoms with Crippen LogP contribution in [0.1, 0.15) is 51.4 Å². The van der Waals surface area contributed by atoms with Crippen LogP contribution in [0.25, 0.3) is 11.5 Å².